The molecule has 2 aromatic rings. The number of aliphatic hydroxyl groups is 1. The van der Waals surface area contributed by atoms with Crippen molar-refractivity contribution in [1.29, 1.82) is 0 Å². The van der Waals surface area contributed by atoms with E-state index < -0.39 is 65.6 Å². The normalized spacial score (nSPS) is 31.3. The highest BCUT2D eigenvalue weighted by Gasteiger charge is 2.74. The van der Waals surface area contributed by atoms with E-state index in [4.69, 9.17) is 14.2 Å². The van der Waals surface area contributed by atoms with Gasteiger partial charge in [0.05, 0.1) is 37.8 Å². The van der Waals surface area contributed by atoms with Crippen LogP contribution in [-0.2, 0) is 28.7 Å². The fourth-order valence-corrected chi connectivity index (χ4v) is 8.01. The Hall–Kier alpha value is -4.48. The van der Waals surface area contributed by atoms with Crippen molar-refractivity contribution < 1.29 is 38.5 Å². The first-order valence-corrected chi connectivity index (χ1v) is 17.4. The van der Waals surface area contributed by atoms with Gasteiger partial charge in [-0.05, 0) is 55.5 Å². The molecule has 0 aromatic heterocycles. The molecular weight excluding hydrogens is 638 g/mol. The summed E-state index contributed by atoms with van der Waals surface area (Å²) in [5, 5.41) is 10.7. The number of fused-ring (bicyclic) bond motifs is 2. The molecule has 4 heterocycles. The second-order valence-corrected chi connectivity index (χ2v) is 14.1. The number of carbonyl (C=O) groups excluding carboxylic acids is 4. The van der Waals surface area contributed by atoms with Gasteiger partial charge in [0.25, 0.3) is 5.91 Å². The number of allylic oxidation sites excluding steroid dienone is 1. The van der Waals surface area contributed by atoms with Crippen molar-refractivity contribution >= 4 is 29.4 Å². The summed E-state index contributed by atoms with van der Waals surface area (Å²) in [6.45, 7) is 5.61. The molecule has 0 radical (unpaired) electrons. The van der Waals surface area contributed by atoms with Crippen LogP contribution in [0.1, 0.15) is 51.7 Å². The van der Waals surface area contributed by atoms with Crippen LogP contribution in [0, 0.1) is 17.8 Å². The molecule has 2 saturated heterocycles. The number of esters is 1. The summed E-state index contributed by atoms with van der Waals surface area (Å²) < 4.78 is 18.3. The number of methoxy groups -OCH3 is 1. The zero-order valence-electron chi connectivity index (χ0n) is 29.3. The first kappa shape index (κ1) is 35.3. The number of likely N-dealkylation sites (tertiary alicyclic amines) is 1. The summed E-state index contributed by atoms with van der Waals surface area (Å²) in [7, 11) is 3.26. The molecule has 1 N–H and O–H groups in total. The van der Waals surface area contributed by atoms with Crippen molar-refractivity contribution in [2.24, 2.45) is 17.8 Å². The van der Waals surface area contributed by atoms with Gasteiger partial charge >= 0.3 is 5.97 Å². The van der Waals surface area contributed by atoms with Crippen molar-refractivity contribution in [3.05, 3.63) is 84.5 Å². The first-order chi connectivity index (χ1) is 24.0. The summed E-state index contributed by atoms with van der Waals surface area (Å²) in [5.41, 5.74) is -0.187. The molecule has 5 bridgehead atoms. The van der Waals surface area contributed by atoms with Crippen LogP contribution in [0.3, 0.4) is 0 Å². The Labute approximate surface area is 293 Å². The molecule has 11 nitrogen and oxygen atoms in total. The van der Waals surface area contributed by atoms with E-state index in [-0.39, 0.29) is 31.4 Å². The van der Waals surface area contributed by atoms with Crippen molar-refractivity contribution in [3.63, 3.8) is 0 Å². The third-order valence-electron chi connectivity index (χ3n) is 10.6. The molecular formula is C39H47N3O8. The molecule has 0 aliphatic carbocycles. The van der Waals surface area contributed by atoms with Crippen molar-refractivity contribution in [2.45, 2.75) is 76.0 Å². The monoisotopic (exact) mass is 685 g/mol. The molecule has 8 atom stereocenters. The van der Waals surface area contributed by atoms with Gasteiger partial charge in [-0.3, -0.25) is 19.2 Å². The molecule has 1 spiro atoms. The molecule has 4 aliphatic heterocycles. The highest BCUT2D eigenvalue weighted by Crippen LogP contribution is 2.56. The third-order valence-corrected chi connectivity index (χ3v) is 10.6. The van der Waals surface area contributed by atoms with E-state index in [9.17, 15) is 19.5 Å². The van der Waals surface area contributed by atoms with E-state index >= 15 is 4.79 Å². The number of cyclic esters (lactones) is 1. The number of rotatable bonds is 7. The van der Waals surface area contributed by atoms with Crippen LogP contribution >= 0.6 is 0 Å². The van der Waals surface area contributed by atoms with Crippen LogP contribution in [0.15, 0.2) is 78.9 Å². The fraction of sp³-hybridized carbons (Fsp3) is 0.487. The first-order valence-electron chi connectivity index (χ1n) is 17.4. The minimum atomic E-state index is -1.46. The van der Waals surface area contributed by atoms with Gasteiger partial charge in [0, 0.05) is 25.7 Å². The standard InChI is InChI=1S/C39H47N3O8/c1-24(2)22-28(23-43)42-35-37(46)41(27-15-17-29(48-5)18-16-27)21-11-7-10-14-31(44)40(4)25(3)34(26-12-8-6-9-13-26)49-38(47)32-30-19-20-39(35,50-30)33(32)36(42)45/h6-9,11-13,15-20,24-25,28,30,32-35,43H,10,14,21-23H2,1-5H3/b11-7-/t25-,28+,30+,32-,33-,34+,35+,39-/m0/s1. The lowest BCUT2D eigenvalue weighted by molar-refractivity contribution is -0.164. The predicted octanol–water partition coefficient (Wildman–Crippen LogP) is 4.07. The van der Waals surface area contributed by atoms with Crippen LogP contribution in [0.5, 0.6) is 5.75 Å². The molecule has 266 valence electrons. The summed E-state index contributed by atoms with van der Waals surface area (Å²) >= 11 is 0. The Morgan fingerprint density at radius 1 is 1.00 bits per heavy atom. The number of benzene rings is 2. The second-order valence-electron chi connectivity index (χ2n) is 14.1. The maximum atomic E-state index is 15.1. The van der Waals surface area contributed by atoms with Gasteiger partial charge in [-0.1, -0.05) is 68.5 Å². The molecule has 2 aromatic carbocycles. The molecule has 11 heteroatoms. The molecule has 2 fully saturated rings. The van der Waals surface area contributed by atoms with E-state index in [1.807, 2.05) is 63.3 Å². The number of hydrogen-bond acceptors (Lipinski definition) is 8. The Morgan fingerprint density at radius 3 is 2.38 bits per heavy atom. The van der Waals surface area contributed by atoms with E-state index in [1.165, 1.54) is 4.90 Å². The summed E-state index contributed by atoms with van der Waals surface area (Å²) in [6, 6.07) is 13.9. The summed E-state index contributed by atoms with van der Waals surface area (Å²) in [4.78, 5) is 62.3. The van der Waals surface area contributed by atoms with Gasteiger partial charge in [-0.2, -0.15) is 0 Å². The predicted molar refractivity (Wildman–Crippen MR) is 186 cm³/mol. The van der Waals surface area contributed by atoms with Gasteiger partial charge in [0.1, 0.15) is 29.4 Å². The van der Waals surface area contributed by atoms with Crippen molar-refractivity contribution in [1.82, 2.24) is 9.80 Å². The number of likely N-dealkylation sites (N-methyl/N-ethyl adjacent to an activating group) is 1. The van der Waals surface area contributed by atoms with Gasteiger partial charge in [0.15, 0.2) is 0 Å². The highest BCUT2D eigenvalue weighted by molar-refractivity contribution is 6.05. The largest absolute Gasteiger partial charge is 0.497 e. The van der Waals surface area contributed by atoms with Crippen LogP contribution in [0.4, 0.5) is 5.69 Å². The maximum Gasteiger partial charge on any atom is 0.313 e. The Morgan fingerprint density at radius 2 is 1.72 bits per heavy atom. The van der Waals surface area contributed by atoms with E-state index in [1.54, 1.807) is 60.4 Å². The average molecular weight is 686 g/mol. The SMILES string of the molecule is COc1ccc(N2C/C=C\CCC(=O)N(C)[C@@H](C)[C@H](c3ccccc3)OC(=O)[C@@H]3[C@H]4C(=O)N([C@@H](CO)CC(C)C)[C@H](C2=O)[C@]42C=C[C@H]3O2)cc1. The van der Waals surface area contributed by atoms with E-state index in [0.717, 1.165) is 0 Å². The second kappa shape index (κ2) is 14.4. The minimum Gasteiger partial charge on any atom is -0.497 e. The Kier molecular flexibility index (Phi) is 10.2. The number of anilines is 1. The van der Waals surface area contributed by atoms with E-state index in [2.05, 4.69) is 0 Å². The smallest absolute Gasteiger partial charge is 0.313 e. The average Bonchev–Trinajstić information content (AvgIpc) is 3.77. The van der Waals surface area contributed by atoms with Gasteiger partial charge in [-0.15, -0.1) is 0 Å². The molecule has 0 saturated carbocycles. The molecule has 0 unspecified atom stereocenters. The summed E-state index contributed by atoms with van der Waals surface area (Å²) in [5.74, 6) is -3.00. The zero-order valence-corrected chi connectivity index (χ0v) is 29.3. The van der Waals surface area contributed by atoms with Crippen LogP contribution in [-0.4, -0.2) is 95.7 Å². The lowest BCUT2D eigenvalue weighted by Gasteiger charge is -2.39. The maximum absolute atomic E-state index is 15.1. The van der Waals surface area contributed by atoms with Gasteiger partial charge in [0.2, 0.25) is 11.8 Å². The van der Waals surface area contributed by atoms with Crippen LogP contribution < -0.4 is 9.64 Å². The van der Waals surface area contributed by atoms with Crippen LogP contribution in [0.2, 0.25) is 0 Å². The quantitative estimate of drug-likeness (QED) is 0.342. The zero-order chi connectivity index (χ0) is 35.7. The van der Waals surface area contributed by atoms with E-state index in [0.29, 0.717) is 29.8 Å². The highest BCUT2D eigenvalue weighted by atomic mass is 16.6. The number of aliphatic hydroxyl groups excluding tert-OH is 1. The lowest BCUT2D eigenvalue weighted by atomic mass is 9.74. The van der Waals surface area contributed by atoms with Crippen LogP contribution in [0.25, 0.3) is 0 Å². The Balaban J connectivity index is 1.48. The number of carbonyl (C=O) groups is 4. The number of amides is 3. The van der Waals surface area contributed by atoms with Crippen molar-refractivity contribution in [3.8, 4) is 5.75 Å². The third kappa shape index (κ3) is 6.21. The molecule has 6 rings (SSSR count). The Bertz CT molecular complexity index is 1640. The van der Waals surface area contributed by atoms with Crippen molar-refractivity contribution in [2.75, 3.05) is 32.2 Å². The fourth-order valence-electron chi connectivity index (χ4n) is 8.01. The molecule has 50 heavy (non-hydrogen) atoms. The van der Waals surface area contributed by atoms with Gasteiger partial charge in [-0.25, -0.2) is 0 Å². The minimum absolute atomic E-state index is 0.0983. The molecule has 4 aliphatic rings. The van der Waals surface area contributed by atoms with Gasteiger partial charge < -0.3 is 34.0 Å². The topological polar surface area (TPSA) is 126 Å². The lowest BCUT2D eigenvalue weighted by Crippen LogP contribution is -2.59. The number of ether oxygens (including phenoxy) is 3. The number of nitrogens with zero attached hydrogens (tertiary/aromatic N) is 3. The number of hydrogen-bond donors (Lipinski definition) is 1. The molecule has 3 amide bonds. The summed E-state index contributed by atoms with van der Waals surface area (Å²) in [6.07, 6.45) is 6.67.